The largest absolute Gasteiger partial charge is 0.468 e. The van der Waals surface area contributed by atoms with Crippen LogP contribution in [0.1, 0.15) is 12.0 Å². The molecule has 5 nitrogen and oxygen atoms in total. The van der Waals surface area contributed by atoms with Gasteiger partial charge in [0, 0.05) is 23.7 Å². The summed E-state index contributed by atoms with van der Waals surface area (Å²) in [5, 5.41) is 1.38. The van der Waals surface area contributed by atoms with Gasteiger partial charge in [-0.05, 0) is 18.1 Å². The van der Waals surface area contributed by atoms with Gasteiger partial charge in [-0.2, -0.15) is 4.31 Å². The first-order chi connectivity index (χ1) is 10.5. The van der Waals surface area contributed by atoms with E-state index in [0.29, 0.717) is 13.1 Å². The lowest BCUT2D eigenvalue weighted by Crippen LogP contribution is -2.27. The number of hydrogen-bond acceptors (Lipinski definition) is 5. The van der Waals surface area contributed by atoms with Crippen LogP contribution < -0.4 is 0 Å². The molecule has 0 saturated carbocycles. The highest BCUT2D eigenvalue weighted by atomic mass is 32.2. The summed E-state index contributed by atoms with van der Waals surface area (Å²) in [6, 6.07) is 9.31. The van der Waals surface area contributed by atoms with Crippen LogP contribution in [-0.2, 0) is 19.6 Å². The Morgan fingerprint density at radius 1 is 1.41 bits per heavy atom. The van der Waals surface area contributed by atoms with Gasteiger partial charge in [0.15, 0.2) is 0 Å². The maximum Gasteiger partial charge on any atom is 0.315 e. The molecule has 1 saturated heterocycles. The molecule has 1 unspecified atom stereocenters. The Morgan fingerprint density at radius 3 is 2.82 bits per heavy atom. The molecule has 1 atom stereocenters. The van der Waals surface area contributed by atoms with E-state index in [2.05, 4.69) is 4.74 Å². The minimum atomic E-state index is -3.41. The molecule has 1 aliphatic rings. The third kappa shape index (κ3) is 4.86. The number of nitrogens with zero attached hydrogens (tertiary/aromatic N) is 1. The fourth-order valence-electron chi connectivity index (χ4n) is 2.12. The lowest BCUT2D eigenvalue weighted by Gasteiger charge is -2.13. The molecule has 0 aromatic heterocycles. The Labute approximate surface area is 135 Å². The second-order valence-corrected chi connectivity index (χ2v) is 8.02. The zero-order valence-corrected chi connectivity index (χ0v) is 14.0. The van der Waals surface area contributed by atoms with Crippen molar-refractivity contribution >= 4 is 33.8 Å². The van der Waals surface area contributed by atoms with Gasteiger partial charge in [0.2, 0.25) is 10.0 Å². The van der Waals surface area contributed by atoms with Gasteiger partial charge in [0.1, 0.15) is 0 Å². The van der Waals surface area contributed by atoms with Gasteiger partial charge in [-0.3, -0.25) is 4.79 Å². The van der Waals surface area contributed by atoms with Gasteiger partial charge >= 0.3 is 5.97 Å². The normalized spacial score (nSPS) is 19.6. The number of carbonyl (C=O) groups excluding carboxylic acids is 1. The summed E-state index contributed by atoms with van der Waals surface area (Å²) in [6.45, 7) is 0.920. The van der Waals surface area contributed by atoms with Crippen LogP contribution in [0, 0.1) is 0 Å². The van der Waals surface area contributed by atoms with Crippen LogP contribution in [-0.4, -0.2) is 49.9 Å². The highest BCUT2D eigenvalue weighted by Crippen LogP contribution is 2.25. The smallest absolute Gasteiger partial charge is 0.315 e. The van der Waals surface area contributed by atoms with E-state index in [1.54, 1.807) is 6.08 Å². The van der Waals surface area contributed by atoms with Crippen molar-refractivity contribution in [2.75, 3.05) is 26.0 Å². The van der Waals surface area contributed by atoms with E-state index >= 15 is 0 Å². The van der Waals surface area contributed by atoms with E-state index in [1.807, 2.05) is 30.3 Å². The molecule has 0 spiro atoms. The molecular weight excluding hydrogens is 322 g/mol. The number of esters is 1. The summed E-state index contributed by atoms with van der Waals surface area (Å²) >= 11 is 1.45. The van der Waals surface area contributed by atoms with Crippen LogP contribution in [0.25, 0.3) is 6.08 Å². The Morgan fingerprint density at radius 2 is 2.14 bits per heavy atom. The Kier molecular flexibility index (Phi) is 6.05. The van der Waals surface area contributed by atoms with E-state index in [0.717, 1.165) is 12.0 Å². The second kappa shape index (κ2) is 7.80. The molecule has 2 rings (SSSR count). The van der Waals surface area contributed by atoms with E-state index in [9.17, 15) is 13.2 Å². The number of rotatable bonds is 6. The molecular formula is C15H19NO4S2. The lowest BCUT2D eigenvalue weighted by atomic mass is 10.2. The van der Waals surface area contributed by atoms with Gasteiger partial charge in [-0.15, -0.1) is 11.8 Å². The molecule has 0 radical (unpaired) electrons. The Bertz CT molecular complexity index is 628. The van der Waals surface area contributed by atoms with Crippen molar-refractivity contribution in [2.45, 2.75) is 11.7 Å². The molecule has 1 aromatic carbocycles. The molecule has 0 amide bonds. The number of sulfonamides is 1. The molecule has 1 fully saturated rings. The van der Waals surface area contributed by atoms with Crippen LogP contribution in [0.5, 0.6) is 0 Å². The molecule has 120 valence electrons. The van der Waals surface area contributed by atoms with Crippen molar-refractivity contribution in [3.05, 3.63) is 41.3 Å². The summed E-state index contributed by atoms with van der Waals surface area (Å²) < 4.78 is 30.6. The topological polar surface area (TPSA) is 63.7 Å². The Balaban J connectivity index is 1.91. The van der Waals surface area contributed by atoms with Crippen LogP contribution in [0.3, 0.4) is 0 Å². The first-order valence-electron chi connectivity index (χ1n) is 6.93. The average Bonchev–Trinajstić information content (AvgIpc) is 3.01. The molecule has 22 heavy (non-hydrogen) atoms. The quantitative estimate of drug-likeness (QED) is 0.740. The number of methoxy groups -OCH3 is 1. The van der Waals surface area contributed by atoms with Crippen molar-refractivity contribution in [1.82, 2.24) is 4.31 Å². The summed E-state index contributed by atoms with van der Waals surface area (Å²) in [5.41, 5.74) is 0.849. The number of hydrogen-bond donors (Lipinski definition) is 0. The number of benzene rings is 1. The Hall–Kier alpha value is -1.31. The van der Waals surface area contributed by atoms with Crippen molar-refractivity contribution in [1.29, 1.82) is 0 Å². The van der Waals surface area contributed by atoms with Crippen molar-refractivity contribution in [2.24, 2.45) is 0 Å². The molecule has 7 heteroatoms. The predicted octanol–water partition coefficient (Wildman–Crippen LogP) is 1.97. The molecule has 0 bridgehead atoms. The number of carbonyl (C=O) groups is 1. The van der Waals surface area contributed by atoms with Gasteiger partial charge in [-0.25, -0.2) is 8.42 Å². The average molecular weight is 341 g/mol. The number of thioether (sulfide) groups is 1. The van der Waals surface area contributed by atoms with E-state index in [-0.39, 0.29) is 17.0 Å². The van der Waals surface area contributed by atoms with Gasteiger partial charge in [0.05, 0.1) is 12.9 Å². The third-order valence-corrected chi connectivity index (χ3v) is 6.15. The third-order valence-electron chi connectivity index (χ3n) is 3.36. The highest BCUT2D eigenvalue weighted by Gasteiger charge is 2.30. The van der Waals surface area contributed by atoms with Crippen molar-refractivity contribution in [3.8, 4) is 0 Å². The second-order valence-electron chi connectivity index (χ2n) is 4.91. The maximum atomic E-state index is 12.3. The molecule has 0 aliphatic carbocycles. The van der Waals surface area contributed by atoms with Gasteiger partial charge in [-0.1, -0.05) is 30.3 Å². The monoisotopic (exact) mass is 341 g/mol. The highest BCUT2D eigenvalue weighted by molar-refractivity contribution is 8.00. The summed E-state index contributed by atoms with van der Waals surface area (Å²) in [5.74, 6) is -0.0233. The van der Waals surface area contributed by atoms with Crippen molar-refractivity contribution in [3.63, 3.8) is 0 Å². The molecule has 1 aliphatic heterocycles. The zero-order valence-electron chi connectivity index (χ0n) is 12.3. The van der Waals surface area contributed by atoms with Crippen LogP contribution in [0.4, 0.5) is 0 Å². The SMILES string of the molecule is COC(=O)CSC1CCN(S(=O)(=O)/C=C/c2ccccc2)C1. The summed E-state index contributed by atoms with van der Waals surface area (Å²) in [6.07, 6.45) is 2.35. The minimum Gasteiger partial charge on any atom is -0.468 e. The fraction of sp³-hybridized carbons (Fsp3) is 0.400. The molecule has 1 heterocycles. The lowest BCUT2D eigenvalue weighted by molar-refractivity contribution is -0.137. The van der Waals surface area contributed by atoms with Crippen molar-refractivity contribution < 1.29 is 17.9 Å². The van der Waals surface area contributed by atoms with E-state index in [1.165, 1.54) is 28.6 Å². The number of ether oxygens (including phenoxy) is 1. The fourth-order valence-corrected chi connectivity index (χ4v) is 4.51. The minimum absolute atomic E-state index is 0.138. The van der Waals surface area contributed by atoms with Crippen LogP contribution >= 0.6 is 11.8 Å². The molecule has 0 N–H and O–H groups in total. The van der Waals surface area contributed by atoms with E-state index in [4.69, 9.17) is 0 Å². The summed E-state index contributed by atoms with van der Waals surface area (Å²) in [4.78, 5) is 11.1. The van der Waals surface area contributed by atoms with Crippen LogP contribution in [0.15, 0.2) is 35.7 Å². The molecule has 1 aromatic rings. The van der Waals surface area contributed by atoms with Gasteiger partial charge < -0.3 is 4.74 Å². The first-order valence-corrected chi connectivity index (χ1v) is 9.48. The standard InChI is InChI=1S/C15H19NO4S2/c1-20-15(17)12-21-14-7-9-16(11-14)22(18,19)10-8-13-5-3-2-4-6-13/h2-6,8,10,14H,7,9,11-12H2,1H3/b10-8+. The van der Waals surface area contributed by atoms with Crippen LogP contribution in [0.2, 0.25) is 0 Å². The predicted molar refractivity (Wildman–Crippen MR) is 88.8 cm³/mol. The maximum absolute atomic E-state index is 12.3. The zero-order chi connectivity index (χ0) is 16.0. The van der Waals surface area contributed by atoms with E-state index < -0.39 is 10.0 Å². The first kappa shape index (κ1) is 17.1. The summed E-state index contributed by atoms with van der Waals surface area (Å²) in [7, 11) is -2.06. The van der Waals surface area contributed by atoms with Gasteiger partial charge in [0.25, 0.3) is 0 Å².